The highest BCUT2D eigenvalue weighted by molar-refractivity contribution is 5.34. The maximum Gasteiger partial charge on any atom is 0.169 e. The van der Waals surface area contributed by atoms with Crippen molar-refractivity contribution in [2.45, 2.75) is 33.7 Å². The number of hydrogen-bond acceptors (Lipinski definition) is 3. The zero-order chi connectivity index (χ0) is 12.4. The van der Waals surface area contributed by atoms with E-state index in [0.717, 1.165) is 18.7 Å². The van der Waals surface area contributed by atoms with Gasteiger partial charge in [-0.25, -0.2) is 4.68 Å². The molecule has 0 radical (unpaired) electrons. The van der Waals surface area contributed by atoms with E-state index in [9.17, 15) is 0 Å². The van der Waals surface area contributed by atoms with E-state index in [0.29, 0.717) is 5.82 Å². The van der Waals surface area contributed by atoms with Crippen LogP contribution in [0.15, 0.2) is 18.2 Å². The number of nitrogens with zero attached hydrogens (tertiary/aromatic N) is 3. The molecule has 0 saturated carbocycles. The third-order valence-corrected chi connectivity index (χ3v) is 3.11. The van der Waals surface area contributed by atoms with Gasteiger partial charge in [0.2, 0.25) is 0 Å². The third kappa shape index (κ3) is 2.30. The van der Waals surface area contributed by atoms with E-state index in [-0.39, 0.29) is 0 Å². The summed E-state index contributed by atoms with van der Waals surface area (Å²) in [4.78, 5) is 0. The first-order chi connectivity index (χ1) is 8.11. The quantitative estimate of drug-likeness (QED) is 0.878. The SMILES string of the molecule is CCc1c(N)nnn1Cc1ccc(C)c(C)c1. The summed E-state index contributed by atoms with van der Waals surface area (Å²) >= 11 is 0. The molecule has 0 bridgehead atoms. The molecule has 0 fully saturated rings. The summed E-state index contributed by atoms with van der Waals surface area (Å²) in [6.45, 7) is 7.03. The van der Waals surface area contributed by atoms with Crippen molar-refractivity contribution in [2.75, 3.05) is 5.73 Å². The molecule has 0 atom stereocenters. The first-order valence-electron chi connectivity index (χ1n) is 5.85. The van der Waals surface area contributed by atoms with E-state index >= 15 is 0 Å². The lowest BCUT2D eigenvalue weighted by Gasteiger charge is -2.07. The molecule has 0 unspecified atom stereocenters. The second kappa shape index (κ2) is 4.57. The predicted octanol–water partition coefficient (Wildman–Crippen LogP) is 2.09. The van der Waals surface area contributed by atoms with Gasteiger partial charge in [-0.15, -0.1) is 5.10 Å². The van der Waals surface area contributed by atoms with E-state index in [1.165, 1.54) is 16.7 Å². The van der Waals surface area contributed by atoms with Gasteiger partial charge in [-0.05, 0) is 37.0 Å². The Kier molecular flexibility index (Phi) is 3.13. The molecule has 0 aliphatic heterocycles. The van der Waals surface area contributed by atoms with E-state index in [1.807, 2.05) is 4.68 Å². The van der Waals surface area contributed by atoms with E-state index in [4.69, 9.17) is 5.73 Å². The highest BCUT2D eigenvalue weighted by atomic mass is 15.4. The van der Waals surface area contributed by atoms with Gasteiger partial charge in [-0.1, -0.05) is 30.3 Å². The summed E-state index contributed by atoms with van der Waals surface area (Å²) in [7, 11) is 0. The van der Waals surface area contributed by atoms with Crippen LogP contribution in [0, 0.1) is 13.8 Å². The predicted molar refractivity (Wildman–Crippen MR) is 68.8 cm³/mol. The van der Waals surface area contributed by atoms with E-state index < -0.39 is 0 Å². The largest absolute Gasteiger partial charge is 0.381 e. The average molecular weight is 230 g/mol. The zero-order valence-electron chi connectivity index (χ0n) is 10.6. The number of hydrogen-bond donors (Lipinski definition) is 1. The molecular weight excluding hydrogens is 212 g/mol. The van der Waals surface area contributed by atoms with Gasteiger partial charge in [0.1, 0.15) is 0 Å². The third-order valence-electron chi connectivity index (χ3n) is 3.11. The Labute approximate surface area is 101 Å². The lowest BCUT2D eigenvalue weighted by atomic mass is 10.1. The Morgan fingerprint density at radius 2 is 2.00 bits per heavy atom. The molecule has 17 heavy (non-hydrogen) atoms. The van der Waals surface area contributed by atoms with Crippen LogP contribution in [0.25, 0.3) is 0 Å². The Morgan fingerprint density at radius 1 is 1.24 bits per heavy atom. The fraction of sp³-hybridized carbons (Fsp3) is 0.385. The Morgan fingerprint density at radius 3 is 2.65 bits per heavy atom. The van der Waals surface area contributed by atoms with Gasteiger partial charge in [-0.3, -0.25) is 0 Å². The van der Waals surface area contributed by atoms with Crippen LogP contribution in [0.5, 0.6) is 0 Å². The number of anilines is 1. The summed E-state index contributed by atoms with van der Waals surface area (Å²) in [5, 5.41) is 7.99. The summed E-state index contributed by atoms with van der Waals surface area (Å²) in [6, 6.07) is 6.45. The lowest BCUT2D eigenvalue weighted by molar-refractivity contribution is 0.621. The van der Waals surface area contributed by atoms with Crippen LogP contribution in [-0.2, 0) is 13.0 Å². The summed E-state index contributed by atoms with van der Waals surface area (Å²) in [6.07, 6.45) is 0.851. The molecule has 90 valence electrons. The Bertz CT molecular complexity index is 528. The smallest absolute Gasteiger partial charge is 0.169 e. The van der Waals surface area contributed by atoms with Crippen molar-refractivity contribution in [3.05, 3.63) is 40.6 Å². The highest BCUT2D eigenvalue weighted by Crippen LogP contribution is 2.14. The molecule has 2 rings (SSSR count). The van der Waals surface area contributed by atoms with Crippen LogP contribution in [0.1, 0.15) is 29.3 Å². The van der Waals surface area contributed by atoms with Crippen molar-refractivity contribution in [1.82, 2.24) is 15.0 Å². The number of aromatic nitrogens is 3. The number of nitrogen functional groups attached to an aromatic ring is 1. The summed E-state index contributed by atoms with van der Waals surface area (Å²) in [5.74, 6) is 0.538. The van der Waals surface area contributed by atoms with Crippen molar-refractivity contribution in [2.24, 2.45) is 0 Å². The second-order valence-corrected chi connectivity index (χ2v) is 4.35. The van der Waals surface area contributed by atoms with Crippen LogP contribution < -0.4 is 5.73 Å². The zero-order valence-corrected chi connectivity index (χ0v) is 10.6. The molecule has 0 spiro atoms. The fourth-order valence-electron chi connectivity index (χ4n) is 1.91. The molecule has 4 nitrogen and oxygen atoms in total. The van der Waals surface area contributed by atoms with Gasteiger partial charge >= 0.3 is 0 Å². The lowest BCUT2D eigenvalue weighted by Crippen LogP contribution is -2.07. The van der Waals surface area contributed by atoms with Crippen molar-refractivity contribution < 1.29 is 0 Å². The molecule has 4 heteroatoms. The molecule has 0 aliphatic rings. The average Bonchev–Trinajstić information content (AvgIpc) is 2.64. The van der Waals surface area contributed by atoms with Gasteiger partial charge in [0.25, 0.3) is 0 Å². The van der Waals surface area contributed by atoms with Crippen molar-refractivity contribution >= 4 is 5.82 Å². The molecule has 0 amide bonds. The molecule has 2 aromatic rings. The molecular formula is C13H18N4. The van der Waals surface area contributed by atoms with E-state index in [2.05, 4.69) is 49.3 Å². The first-order valence-corrected chi connectivity index (χ1v) is 5.85. The normalized spacial score (nSPS) is 10.8. The summed E-state index contributed by atoms with van der Waals surface area (Å²) in [5.41, 5.74) is 10.6. The topological polar surface area (TPSA) is 56.7 Å². The van der Waals surface area contributed by atoms with Gasteiger partial charge in [0, 0.05) is 0 Å². The minimum absolute atomic E-state index is 0.538. The molecule has 1 aromatic heterocycles. The van der Waals surface area contributed by atoms with E-state index in [1.54, 1.807) is 0 Å². The maximum absolute atomic E-state index is 5.77. The van der Waals surface area contributed by atoms with Crippen LogP contribution >= 0.6 is 0 Å². The Balaban J connectivity index is 2.28. The minimum Gasteiger partial charge on any atom is -0.381 e. The number of aryl methyl sites for hydroxylation is 2. The standard InChI is InChI=1S/C13H18N4/c1-4-12-13(14)15-16-17(12)8-11-6-5-9(2)10(3)7-11/h5-7H,4,8,14H2,1-3H3. The minimum atomic E-state index is 0.538. The van der Waals surface area contributed by atoms with Crippen LogP contribution in [-0.4, -0.2) is 15.0 Å². The molecule has 1 aromatic carbocycles. The highest BCUT2D eigenvalue weighted by Gasteiger charge is 2.08. The number of rotatable bonds is 3. The van der Waals surface area contributed by atoms with Gasteiger partial charge in [0.15, 0.2) is 5.82 Å². The Hall–Kier alpha value is -1.84. The van der Waals surface area contributed by atoms with Crippen molar-refractivity contribution in [1.29, 1.82) is 0 Å². The first kappa shape index (κ1) is 11.6. The van der Waals surface area contributed by atoms with Gasteiger partial charge in [-0.2, -0.15) is 0 Å². The van der Waals surface area contributed by atoms with Crippen molar-refractivity contribution in [3.63, 3.8) is 0 Å². The summed E-state index contributed by atoms with van der Waals surface area (Å²) < 4.78 is 1.87. The van der Waals surface area contributed by atoms with Crippen LogP contribution in [0.2, 0.25) is 0 Å². The van der Waals surface area contributed by atoms with Crippen LogP contribution in [0.4, 0.5) is 5.82 Å². The van der Waals surface area contributed by atoms with Gasteiger partial charge < -0.3 is 5.73 Å². The monoisotopic (exact) mass is 230 g/mol. The van der Waals surface area contributed by atoms with Gasteiger partial charge in [0.05, 0.1) is 12.2 Å². The number of benzene rings is 1. The van der Waals surface area contributed by atoms with Crippen molar-refractivity contribution in [3.8, 4) is 0 Å². The molecule has 0 aliphatic carbocycles. The molecule has 0 saturated heterocycles. The number of nitrogens with two attached hydrogens (primary N) is 1. The fourth-order valence-corrected chi connectivity index (χ4v) is 1.91. The molecule has 2 N–H and O–H groups in total. The second-order valence-electron chi connectivity index (χ2n) is 4.35. The van der Waals surface area contributed by atoms with Crippen LogP contribution in [0.3, 0.4) is 0 Å². The maximum atomic E-state index is 5.77. The molecule has 1 heterocycles.